The smallest absolute Gasteiger partial charge is 0.332 e. The summed E-state index contributed by atoms with van der Waals surface area (Å²) in [7, 11) is 0. The van der Waals surface area contributed by atoms with Crippen LogP contribution < -0.4 is 0 Å². The minimum Gasteiger partial charge on any atom is -0.478 e. The first kappa shape index (κ1) is 38.3. The number of carboxylic acids is 1. The maximum absolute atomic E-state index is 13.7. The molecule has 0 radical (unpaired) electrons. The van der Waals surface area contributed by atoms with Crippen LogP contribution in [0, 0.1) is 23.2 Å². The van der Waals surface area contributed by atoms with E-state index in [1.807, 2.05) is 13.0 Å². The number of Topliss-reactive ketones (excluding diaryl/α,β-unsaturated/α-hetero) is 1. The lowest BCUT2D eigenvalue weighted by Crippen LogP contribution is -2.49. The third-order valence-electron chi connectivity index (χ3n) is 10.3. The van der Waals surface area contributed by atoms with Crippen molar-refractivity contribution in [3.8, 4) is 0 Å². The first-order valence-corrected chi connectivity index (χ1v) is 18.6. The first-order chi connectivity index (χ1) is 21.3. The van der Waals surface area contributed by atoms with Crippen molar-refractivity contribution in [3.05, 3.63) is 23.8 Å². The molecule has 1 saturated heterocycles. The first-order valence-electron chi connectivity index (χ1n) is 18.6. The van der Waals surface area contributed by atoms with Gasteiger partial charge in [0.1, 0.15) is 11.9 Å². The minimum absolute atomic E-state index is 0.152. The van der Waals surface area contributed by atoms with E-state index in [0.29, 0.717) is 0 Å². The molecule has 252 valence electrons. The van der Waals surface area contributed by atoms with Gasteiger partial charge in [0.25, 0.3) is 0 Å². The predicted octanol–water partition coefficient (Wildman–Crippen LogP) is 10.9. The molecule has 44 heavy (non-hydrogen) atoms. The Morgan fingerprint density at radius 2 is 1.23 bits per heavy atom. The van der Waals surface area contributed by atoms with Gasteiger partial charge >= 0.3 is 11.9 Å². The molecule has 0 spiro atoms. The van der Waals surface area contributed by atoms with Crippen molar-refractivity contribution in [1.29, 1.82) is 0 Å². The number of allylic oxidation sites excluding steroid dienone is 2. The van der Waals surface area contributed by atoms with E-state index >= 15 is 0 Å². The summed E-state index contributed by atoms with van der Waals surface area (Å²) in [5, 5.41) is 10.1. The molecule has 0 saturated carbocycles. The maximum atomic E-state index is 13.7. The topological polar surface area (TPSA) is 80.7 Å². The monoisotopic (exact) mass is 614 g/mol. The van der Waals surface area contributed by atoms with Gasteiger partial charge in [0.2, 0.25) is 0 Å². The van der Waals surface area contributed by atoms with Crippen molar-refractivity contribution in [3.63, 3.8) is 0 Å². The van der Waals surface area contributed by atoms with Gasteiger partial charge in [-0.15, -0.1) is 0 Å². The van der Waals surface area contributed by atoms with E-state index in [9.17, 15) is 19.5 Å². The van der Waals surface area contributed by atoms with Crippen LogP contribution >= 0.6 is 0 Å². The molecule has 0 unspecified atom stereocenters. The van der Waals surface area contributed by atoms with Crippen LogP contribution in [0.3, 0.4) is 0 Å². The summed E-state index contributed by atoms with van der Waals surface area (Å²) in [6, 6.07) is 0. The molecule has 1 aliphatic heterocycles. The Hall–Kier alpha value is -1.91. The normalized spacial score (nSPS) is 24.8. The van der Waals surface area contributed by atoms with Gasteiger partial charge in [-0.2, -0.15) is 0 Å². The average Bonchev–Trinajstić information content (AvgIpc) is 3.25. The summed E-state index contributed by atoms with van der Waals surface area (Å²) < 4.78 is 5.85. The summed E-state index contributed by atoms with van der Waals surface area (Å²) in [6.07, 6.45) is 33.5. The number of esters is 1. The number of ketones is 1. The number of carboxylic acid groups (broad SMARTS) is 1. The van der Waals surface area contributed by atoms with Gasteiger partial charge in [-0.1, -0.05) is 160 Å². The number of unbranched alkanes of at least 4 members (excludes halogenated alkanes) is 20. The molecule has 5 nitrogen and oxygen atoms in total. The van der Waals surface area contributed by atoms with Gasteiger partial charge in [0.15, 0.2) is 0 Å². The van der Waals surface area contributed by atoms with Crippen molar-refractivity contribution in [2.24, 2.45) is 23.2 Å². The van der Waals surface area contributed by atoms with Crippen LogP contribution in [0.1, 0.15) is 175 Å². The predicted molar refractivity (Wildman–Crippen MR) is 182 cm³/mol. The second kappa shape index (κ2) is 21.8. The molecule has 5 heteroatoms. The second-order valence-electron chi connectivity index (χ2n) is 13.9. The van der Waals surface area contributed by atoms with E-state index in [-0.39, 0.29) is 23.2 Å². The minimum atomic E-state index is -1.05. The molecule has 0 bridgehead atoms. The fraction of sp³-hybridized carbons (Fsp3) is 0.821. The molecule has 0 aromatic rings. The number of rotatable bonds is 26. The van der Waals surface area contributed by atoms with Crippen LogP contribution in [0.15, 0.2) is 23.8 Å². The molecule has 0 aromatic carbocycles. The summed E-state index contributed by atoms with van der Waals surface area (Å²) in [4.78, 5) is 38.9. The summed E-state index contributed by atoms with van der Waals surface area (Å²) in [5.74, 6) is -3.11. The highest BCUT2D eigenvalue weighted by Gasteiger charge is 2.64. The molecule has 1 N–H and O–H groups in total. The summed E-state index contributed by atoms with van der Waals surface area (Å²) in [6.45, 7) is 7.80. The lowest BCUT2D eigenvalue weighted by atomic mass is 9.55. The third kappa shape index (κ3) is 11.8. The van der Waals surface area contributed by atoms with Gasteiger partial charge in [-0.25, -0.2) is 4.79 Å². The van der Waals surface area contributed by atoms with E-state index in [1.54, 1.807) is 6.08 Å². The highest BCUT2D eigenvalue weighted by atomic mass is 16.6. The quantitative estimate of drug-likeness (QED) is 0.0595. The van der Waals surface area contributed by atoms with Gasteiger partial charge < -0.3 is 9.84 Å². The van der Waals surface area contributed by atoms with Crippen LogP contribution in [0.2, 0.25) is 0 Å². The standard InChI is InChI=1S/C39H66O5/c1-5-7-9-11-13-15-17-19-21-23-25-27-29-39-33(28-26-24-22-20-18-16-14-12-10-8-6-2)30-34(37(41)42)35(31(3)40)36(39)32(4)44-38(39)43/h27,29-30,32-33,35-36H,5-26,28H2,1-4H3,(H,41,42)/b29-27+/t32-,33+,35+,36+,39-/m0/s1. The largest absolute Gasteiger partial charge is 0.478 e. The zero-order valence-corrected chi connectivity index (χ0v) is 28.9. The maximum Gasteiger partial charge on any atom is 0.332 e. The van der Waals surface area contributed by atoms with Gasteiger partial charge in [-0.3, -0.25) is 9.59 Å². The molecule has 2 rings (SSSR count). The molecule has 1 fully saturated rings. The fourth-order valence-corrected chi connectivity index (χ4v) is 7.82. The summed E-state index contributed by atoms with van der Waals surface area (Å²) >= 11 is 0. The van der Waals surface area contributed by atoms with Crippen LogP contribution in [-0.4, -0.2) is 28.9 Å². The number of cyclic esters (lactones) is 1. The van der Waals surface area contributed by atoms with Gasteiger partial charge in [0.05, 0.1) is 11.3 Å². The molecule has 0 amide bonds. The number of ether oxygens (including phenoxy) is 1. The Bertz CT molecular complexity index is 904. The van der Waals surface area contributed by atoms with E-state index in [0.717, 1.165) is 32.1 Å². The number of carbonyl (C=O) groups excluding carboxylic acids is 2. The van der Waals surface area contributed by atoms with Gasteiger partial charge in [0, 0.05) is 11.5 Å². The Balaban J connectivity index is 2.00. The SMILES string of the molecule is CCCCCCCCCCCC/C=C/[C@@]12C(=O)O[C@@H](C)[C@@H]1[C@H](C(C)=O)C(C(=O)O)=C[C@H]2CCCCCCCCCCCCC. The van der Waals surface area contributed by atoms with Crippen molar-refractivity contribution in [2.45, 2.75) is 181 Å². The van der Waals surface area contributed by atoms with Crippen LogP contribution in [-0.2, 0) is 19.1 Å². The lowest BCUT2D eigenvalue weighted by molar-refractivity contribution is -0.148. The third-order valence-corrected chi connectivity index (χ3v) is 10.3. The Morgan fingerprint density at radius 1 is 0.773 bits per heavy atom. The number of aliphatic carboxylic acids is 1. The van der Waals surface area contributed by atoms with Crippen LogP contribution in [0.5, 0.6) is 0 Å². The zero-order valence-electron chi connectivity index (χ0n) is 28.9. The van der Waals surface area contributed by atoms with Crippen molar-refractivity contribution in [2.75, 3.05) is 0 Å². The van der Waals surface area contributed by atoms with E-state index in [2.05, 4.69) is 19.9 Å². The van der Waals surface area contributed by atoms with Crippen LogP contribution in [0.4, 0.5) is 0 Å². The van der Waals surface area contributed by atoms with E-state index in [4.69, 9.17) is 4.74 Å². The molecule has 5 atom stereocenters. The van der Waals surface area contributed by atoms with Crippen molar-refractivity contribution >= 4 is 17.7 Å². The number of hydrogen-bond acceptors (Lipinski definition) is 4. The molecular formula is C39H66O5. The highest BCUT2D eigenvalue weighted by Crippen LogP contribution is 2.57. The average molecular weight is 615 g/mol. The van der Waals surface area contributed by atoms with Crippen LogP contribution in [0.25, 0.3) is 0 Å². The Kier molecular flexibility index (Phi) is 18.9. The van der Waals surface area contributed by atoms with E-state index < -0.39 is 29.3 Å². The Morgan fingerprint density at radius 3 is 1.68 bits per heavy atom. The molecule has 1 heterocycles. The number of hydrogen-bond donors (Lipinski definition) is 1. The van der Waals surface area contributed by atoms with E-state index in [1.165, 1.54) is 122 Å². The second-order valence-corrected chi connectivity index (χ2v) is 13.9. The number of carbonyl (C=O) groups is 3. The van der Waals surface area contributed by atoms with Crippen molar-refractivity contribution in [1.82, 2.24) is 0 Å². The highest BCUT2D eigenvalue weighted by molar-refractivity contribution is 5.98. The van der Waals surface area contributed by atoms with Crippen molar-refractivity contribution < 1.29 is 24.2 Å². The summed E-state index contributed by atoms with van der Waals surface area (Å²) in [5.41, 5.74) is -0.814. The fourth-order valence-electron chi connectivity index (χ4n) is 7.82. The molecule has 2 aliphatic rings. The molecule has 0 aromatic heterocycles. The molecular weight excluding hydrogens is 548 g/mol. The number of fused-ring (bicyclic) bond motifs is 1. The lowest BCUT2D eigenvalue weighted by Gasteiger charge is -2.43. The zero-order chi connectivity index (χ0) is 32.2. The van der Waals surface area contributed by atoms with Gasteiger partial charge in [-0.05, 0) is 39.0 Å². The molecule has 1 aliphatic carbocycles. The Labute approximate surface area is 270 Å².